The van der Waals surface area contributed by atoms with Gasteiger partial charge in [-0.25, -0.2) is 4.98 Å². The van der Waals surface area contributed by atoms with Gasteiger partial charge in [-0.2, -0.15) is 0 Å². The summed E-state index contributed by atoms with van der Waals surface area (Å²) in [4.78, 5) is 20.6. The summed E-state index contributed by atoms with van der Waals surface area (Å²) >= 11 is 1.56. The highest BCUT2D eigenvalue weighted by Gasteiger charge is 2.32. The van der Waals surface area contributed by atoms with Gasteiger partial charge < -0.3 is 10.4 Å². The molecule has 0 spiro atoms. The van der Waals surface area contributed by atoms with Crippen LogP contribution in [0.4, 0.5) is 5.13 Å². The molecule has 0 aromatic carbocycles. The van der Waals surface area contributed by atoms with E-state index >= 15 is 0 Å². The van der Waals surface area contributed by atoms with Crippen molar-refractivity contribution >= 4 is 22.4 Å². The van der Waals surface area contributed by atoms with Gasteiger partial charge in [0.05, 0.1) is 5.69 Å². The first-order valence-electron chi connectivity index (χ1n) is 6.09. The molecule has 0 saturated carbocycles. The number of nitrogens with one attached hydrogen (secondary N) is 1. The second-order valence-corrected chi connectivity index (χ2v) is 5.55. The molecular formula is C13H13N3O2S. The smallest absolute Gasteiger partial charge is 0.312 e. The largest absolute Gasteiger partial charge is 0.481 e. The SMILES string of the molecule is O=C(O)C1CCc2sc(NCc3ccncc3)nc21. The van der Waals surface area contributed by atoms with Crippen LogP contribution >= 0.6 is 11.3 Å². The zero-order valence-corrected chi connectivity index (χ0v) is 11.0. The lowest BCUT2D eigenvalue weighted by molar-refractivity contribution is -0.138. The van der Waals surface area contributed by atoms with Gasteiger partial charge in [0.15, 0.2) is 5.13 Å². The number of thiazole rings is 1. The number of pyridine rings is 1. The van der Waals surface area contributed by atoms with Crippen LogP contribution in [0.5, 0.6) is 0 Å². The van der Waals surface area contributed by atoms with Crippen LogP contribution in [0.1, 0.15) is 28.5 Å². The van der Waals surface area contributed by atoms with Gasteiger partial charge in [0.25, 0.3) is 0 Å². The number of hydrogen-bond donors (Lipinski definition) is 2. The van der Waals surface area contributed by atoms with E-state index in [0.717, 1.165) is 27.7 Å². The molecule has 0 radical (unpaired) electrons. The summed E-state index contributed by atoms with van der Waals surface area (Å²) in [5, 5.41) is 13.1. The molecule has 0 aliphatic heterocycles. The van der Waals surface area contributed by atoms with E-state index in [-0.39, 0.29) is 0 Å². The zero-order chi connectivity index (χ0) is 13.2. The number of carbonyl (C=O) groups is 1. The summed E-state index contributed by atoms with van der Waals surface area (Å²) in [6.07, 6.45) is 4.99. The molecule has 19 heavy (non-hydrogen) atoms. The minimum atomic E-state index is -0.773. The molecule has 0 saturated heterocycles. The summed E-state index contributed by atoms with van der Waals surface area (Å²) in [5.74, 6) is -1.20. The molecule has 0 amide bonds. The Kier molecular flexibility index (Phi) is 3.16. The van der Waals surface area contributed by atoms with Crippen LogP contribution in [0.2, 0.25) is 0 Å². The monoisotopic (exact) mass is 275 g/mol. The Labute approximate surface area is 114 Å². The minimum Gasteiger partial charge on any atom is -0.481 e. The highest BCUT2D eigenvalue weighted by Crippen LogP contribution is 2.38. The summed E-state index contributed by atoms with van der Waals surface area (Å²) in [5.41, 5.74) is 1.87. The highest BCUT2D eigenvalue weighted by atomic mass is 32.1. The predicted molar refractivity (Wildman–Crippen MR) is 72.4 cm³/mol. The van der Waals surface area contributed by atoms with Gasteiger partial charge in [-0.1, -0.05) is 0 Å². The highest BCUT2D eigenvalue weighted by molar-refractivity contribution is 7.15. The summed E-state index contributed by atoms with van der Waals surface area (Å²) < 4.78 is 0. The number of carboxylic acids is 1. The number of rotatable bonds is 4. The quantitative estimate of drug-likeness (QED) is 0.895. The number of carboxylic acid groups (broad SMARTS) is 1. The van der Waals surface area contributed by atoms with E-state index in [0.29, 0.717) is 13.0 Å². The number of hydrogen-bond acceptors (Lipinski definition) is 5. The molecule has 0 fully saturated rings. The average molecular weight is 275 g/mol. The second-order valence-electron chi connectivity index (χ2n) is 4.47. The topological polar surface area (TPSA) is 75.1 Å². The third kappa shape index (κ3) is 2.44. The number of aromatic nitrogens is 2. The molecule has 98 valence electrons. The molecule has 6 heteroatoms. The Balaban J connectivity index is 1.71. The Morgan fingerprint density at radius 3 is 3.00 bits per heavy atom. The Morgan fingerprint density at radius 1 is 1.47 bits per heavy atom. The first kappa shape index (κ1) is 12.1. The Morgan fingerprint density at radius 2 is 2.26 bits per heavy atom. The van der Waals surface area contributed by atoms with Crippen LogP contribution in [0.15, 0.2) is 24.5 Å². The van der Waals surface area contributed by atoms with Crippen LogP contribution in [-0.2, 0) is 17.8 Å². The summed E-state index contributed by atoms with van der Waals surface area (Å²) in [6.45, 7) is 0.673. The van der Waals surface area contributed by atoms with Gasteiger partial charge in [-0.15, -0.1) is 11.3 Å². The van der Waals surface area contributed by atoms with Gasteiger partial charge >= 0.3 is 5.97 Å². The fraction of sp³-hybridized carbons (Fsp3) is 0.308. The summed E-state index contributed by atoms with van der Waals surface area (Å²) in [6, 6.07) is 3.88. The maximum absolute atomic E-state index is 11.1. The fourth-order valence-electron chi connectivity index (χ4n) is 2.22. The van der Waals surface area contributed by atoms with Crippen molar-refractivity contribution in [2.75, 3.05) is 5.32 Å². The number of aliphatic carboxylic acids is 1. The minimum absolute atomic E-state index is 0.428. The second kappa shape index (κ2) is 4.97. The lowest BCUT2D eigenvalue weighted by atomic mass is 10.1. The van der Waals surface area contributed by atoms with E-state index in [1.54, 1.807) is 23.7 Å². The molecule has 1 unspecified atom stereocenters. The molecule has 2 aromatic heterocycles. The molecule has 1 atom stereocenters. The molecule has 2 heterocycles. The molecule has 5 nitrogen and oxygen atoms in total. The van der Waals surface area contributed by atoms with Gasteiger partial charge in [-0.05, 0) is 30.5 Å². The Hall–Kier alpha value is -1.95. The van der Waals surface area contributed by atoms with Crippen LogP contribution < -0.4 is 5.32 Å². The molecule has 3 rings (SSSR count). The molecule has 1 aliphatic rings. The molecular weight excluding hydrogens is 262 g/mol. The molecule has 0 bridgehead atoms. The lowest BCUT2D eigenvalue weighted by Crippen LogP contribution is -2.09. The lowest BCUT2D eigenvalue weighted by Gasteiger charge is -2.03. The van der Waals surface area contributed by atoms with Crippen molar-refractivity contribution in [2.24, 2.45) is 0 Å². The molecule has 2 N–H and O–H groups in total. The summed E-state index contributed by atoms with van der Waals surface area (Å²) in [7, 11) is 0. The Bertz CT molecular complexity index is 597. The third-order valence-corrected chi connectivity index (χ3v) is 4.30. The van der Waals surface area contributed by atoms with Crippen LogP contribution in [0.25, 0.3) is 0 Å². The number of aryl methyl sites for hydroxylation is 1. The maximum atomic E-state index is 11.1. The number of fused-ring (bicyclic) bond motifs is 1. The van der Waals surface area contributed by atoms with E-state index in [9.17, 15) is 4.79 Å². The van der Waals surface area contributed by atoms with Crippen LogP contribution in [-0.4, -0.2) is 21.0 Å². The molecule has 1 aliphatic carbocycles. The predicted octanol–water partition coefficient (Wildman–Crippen LogP) is 2.26. The van der Waals surface area contributed by atoms with Crippen molar-refractivity contribution in [2.45, 2.75) is 25.3 Å². The van der Waals surface area contributed by atoms with Gasteiger partial charge in [0, 0.05) is 23.8 Å². The van der Waals surface area contributed by atoms with E-state index in [1.807, 2.05) is 12.1 Å². The van der Waals surface area contributed by atoms with Crippen LogP contribution in [0.3, 0.4) is 0 Å². The van der Waals surface area contributed by atoms with Crippen molar-refractivity contribution in [1.82, 2.24) is 9.97 Å². The van der Waals surface area contributed by atoms with E-state index in [1.165, 1.54) is 0 Å². The van der Waals surface area contributed by atoms with E-state index in [2.05, 4.69) is 15.3 Å². The van der Waals surface area contributed by atoms with E-state index in [4.69, 9.17) is 5.11 Å². The average Bonchev–Trinajstić information content (AvgIpc) is 2.96. The van der Waals surface area contributed by atoms with Crippen molar-refractivity contribution in [3.8, 4) is 0 Å². The standard InChI is InChI=1S/C13H13N3O2S/c17-12(18)9-1-2-10-11(9)16-13(19-10)15-7-8-3-5-14-6-4-8/h3-6,9H,1-2,7H2,(H,15,16)(H,17,18). The normalized spacial score (nSPS) is 17.2. The number of nitrogens with zero attached hydrogens (tertiary/aromatic N) is 2. The number of anilines is 1. The fourth-order valence-corrected chi connectivity index (χ4v) is 3.26. The van der Waals surface area contributed by atoms with Gasteiger partial charge in [-0.3, -0.25) is 9.78 Å². The van der Waals surface area contributed by atoms with Crippen molar-refractivity contribution in [1.29, 1.82) is 0 Å². The zero-order valence-electron chi connectivity index (χ0n) is 10.2. The van der Waals surface area contributed by atoms with Crippen molar-refractivity contribution < 1.29 is 9.90 Å². The third-order valence-electron chi connectivity index (χ3n) is 3.21. The van der Waals surface area contributed by atoms with Crippen LogP contribution in [0, 0.1) is 0 Å². The first-order chi connectivity index (χ1) is 9.24. The van der Waals surface area contributed by atoms with E-state index < -0.39 is 11.9 Å². The van der Waals surface area contributed by atoms with Crippen molar-refractivity contribution in [3.63, 3.8) is 0 Å². The first-order valence-corrected chi connectivity index (χ1v) is 6.91. The van der Waals surface area contributed by atoms with Gasteiger partial charge in [0.2, 0.25) is 0 Å². The van der Waals surface area contributed by atoms with Gasteiger partial charge in [0.1, 0.15) is 5.92 Å². The molecule has 2 aromatic rings. The maximum Gasteiger partial charge on any atom is 0.312 e. The van der Waals surface area contributed by atoms with Crippen molar-refractivity contribution in [3.05, 3.63) is 40.7 Å².